The van der Waals surface area contributed by atoms with Gasteiger partial charge in [0.15, 0.2) is 0 Å². The molecule has 0 bridgehead atoms. The van der Waals surface area contributed by atoms with E-state index in [4.69, 9.17) is 14.6 Å². The standard InChI is InChI=1S/C18H24N2O5/c1-2-3-8-25-16-6-4-5-14(11-16)10-15-12-20(13-24-9-7-21)18(23)19-17(15)22/h4-6,11-12,21H,2-3,7-10,13H2,1H3,(H,19,22,23). The minimum absolute atomic E-state index is 0.0245. The van der Waals surface area contributed by atoms with Crippen molar-refractivity contribution in [1.29, 1.82) is 0 Å². The Morgan fingerprint density at radius 1 is 1.24 bits per heavy atom. The highest BCUT2D eigenvalue weighted by Crippen LogP contribution is 2.15. The van der Waals surface area contributed by atoms with Crippen molar-refractivity contribution in [3.8, 4) is 5.75 Å². The fourth-order valence-corrected chi connectivity index (χ4v) is 2.30. The molecule has 2 rings (SSSR count). The number of aromatic nitrogens is 2. The van der Waals surface area contributed by atoms with E-state index in [-0.39, 0.29) is 19.9 Å². The van der Waals surface area contributed by atoms with Gasteiger partial charge in [-0.1, -0.05) is 25.5 Å². The number of hydrogen-bond acceptors (Lipinski definition) is 5. The lowest BCUT2D eigenvalue weighted by atomic mass is 10.1. The number of rotatable bonds is 10. The molecule has 0 aliphatic rings. The average Bonchev–Trinajstić information content (AvgIpc) is 2.59. The topological polar surface area (TPSA) is 93.6 Å². The maximum atomic E-state index is 12.0. The molecule has 0 atom stereocenters. The fraction of sp³-hybridized carbons (Fsp3) is 0.444. The molecular weight excluding hydrogens is 324 g/mol. The second-order valence-electron chi connectivity index (χ2n) is 5.67. The van der Waals surface area contributed by atoms with Crippen LogP contribution in [0, 0.1) is 0 Å². The number of nitrogens with zero attached hydrogens (tertiary/aromatic N) is 1. The van der Waals surface area contributed by atoms with E-state index in [1.165, 1.54) is 10.8 Å². The Morgan fingerprint density at radius 2 is 2.08 bits per heavy atom. The zero-order valence-electron chi connectivity index (χ0n) is 14.4. The van der Waals surface area contributed by atoms with Gasteiger partial charge in [-0.2, -0.15) is 0 Å². The van der Waals surface area contributed by atoms with Crippen LogP contribution in [0.2, 0.25) is 0 Å². The van der Waals surface area contributed by atoms with Gasteiger partial charge in [0.25, 0.3) is 5.56 Å². The van der Waals surface area contributed by atoms with Gasteiger partial charge < -0.3 is 14.6 Å². The van der Waals surface area contributed by atoms with Gasteiger partial charge in [0.1, 0.15) is 12.5 Å². The number of H-pyrrole nitrogens is 1. The van der Waals surface area contributed by atoms with Crippen molar-refractivity contribution in [3.05, 3.63) is 62.4 Å². The molecule has 1 heterocycles. The summed E-state index contributed by atoms with van der Waals surface area (Å²) in [7, 11) is 0. The van der Waals surface area contributed by atoms with Crippen molar-refractivity contribution in [1.82, 2.24) is 9.55 Å². The van der Waals surface area contributed by atoms with Crippen molar-refractivity contribution >= 4 is 0 Å². The summed E-state index contributed by atoms with van der Waals surface area (Å²) in [6.07, 6.45) is 3.92. The van der Waals surface area contributed by atoms with Crippen LogP contribution in [0.1, 0.15) is 30.9 Å². The van der Waals surface area contributed by atoms with Gasteiger partial charge in [0.2, 0.25) is 0 Å². The first-order valence-electron chi connectivity index (χ1n) is 8.37. The van der Waals surface area contributed by atoms with Crippen LogP contribution in [0.4, 0.5) is 0 Å². The molecule has 0 aliphatic heterocycles. The third kappa shape index (κ3) is 5.88. The van der Waals surface area contributed by atoms with Crippen LogP contribution in [0.25, 0.3) is 0 Å². The molecule has 0 spiro atoms. The molecule has 2 N–H and O–H groups in total. The zero-order valence-corrected chi connectivity index (χ0v) is 14.4. The zero-order chi connectivity index (χ0) is 18.1. The highest BCUT2D eigenvalue weighted by atomic mass is 16.5. The number of aliphatic hydroxyl groups excluding tert-OH is 1. The first kappa shape index (κ1) is 19.0. The Morgan fingerprint density at radius 3 is 2.84 bits per heavy atom. The number of benzene rings is 1. The maximum Gasteiger partial charge on any atom is 0.330 e. The normalized spacial score (nSPS) is 10.8. The van der Waals surface area contributed by atoms with Gasteiger partial charge in [-0.25, -0.2) is 4.79 Å². The third-order valence-corrected chi connectivity index (χ3v) is 3.61. The van der Waals surface area contributed by atoms with E-state index in [1.54, 1.807) is 0 Å². The molecule has 2 aromatic rings. The summed E-state index contributed by atoms with van der Waals surface area (Å²) >= 11 is 0. The lowest BCUT2D eigenvalue weighted by Crippen LogP contribution is -2.32. The molecule has 7 nitrogen and oxygen atoms in total. The van der Waals surface area contributed by atoms with Crippen LogP contribution in [0.15, 0.2) is 40.1 Å². The largest absolute Gasteiger partial charge is 0.494 e. The summed E-state index contributed by atoms with van der Waals surface area (Å²) in [4.78, 5) is 26.1. The van der Waals surface area contributed by atoms with E-state index >= 15 is 0 Å². The second-order valence-corrected chi connectivity index (χ2v) is 5.67. The van der Waals surface area contributed by atoms with E-state index in [1.807, 2.05) is 24.3 Å². The molecule has 0 saturated carbocycles. The molecule has 0 fully saturated rings. The van der Waals surface area contributed by atoms with E-state index in [0.717, 1.165) is 24.2 Å². The number of hydrogen-bond donors (Lipinski definition) is 2. The highest BCUT2D eigenvalue weighted by Gasteiger charge is 2.07. The number of unbranched alkanes of at least 4 members (excludes halogenated alkanes) is 1. The molecular formula is C18H24N2O5. The Bertz CT molecular complexity index is 782. The summed E-state index contributed by atoms with van der Waals surface area (Å²) in [6.45, 7) is 2.73. The Labute approximate surface area is 145 Å². The SMILES string of the molecule is CCCCOc1cccc(Cc2cn(COCCO)c(=O)[nH]c2=O)c1. The van der Waals surface area contributed by atoms with Crippen molar-refractivity contribution < 1.29 is 14.6 Å². The molecule has 0 unspecified atom stereocenters. The number of aromatic amines is 1. The summed E-state index contributed by atoms with van der Waals surface area (Å²) in [6, 6.07) is 7.56. The lowest BCUT2D eigenvalue weighted by Gasteiger charge is -2.09. The third-order valence-electron chi connectivity index (χ3n) is 3.61. The molecule has 7 heteroatoms. The lowest BCUT2D eigenvalue weighted by molar-refractivity contribution is 0.0455. The number of nitrogens with one attached hydrogen (secondary N) is 1. The van der Waals surface area contributed by atoms with Gasteiger partial charge in [-0.3, -0.25) is 14.3 Å². The quantitative estimate of drug-likeness (QED) is 0.631. The second kappa shape index (κ2) is 9.80. The predicted molar refractivity (Wildman–Crippen MR) is 94.0 cm³/mol. The van der Waals surface area contributed by atoms with Gasteiger partial charge in [-0.05, 0) is 24.1 Å². The molecule has 1 aromatic heterocycles. The highest BCUT2D eigenvalue weighted by molar-refractivity contribution is 5.31. The van der Waals surface area contributed by atoms with E-state index in [2.05, 4.69) is 11.9 Å². The first-order chi connectivity index (χ1) is 12.1. The minimum atomic E-state index is -0.539. The smallest absolute Gasteiger partial charge is 0.330 e. The summed E-state index contributed by atoms with van der Waals surface area (Å²) in [5.41, 5.74) is 0.419. The van der Waals surface area contributed by atoms with Crippen molar-refractivity contribution in [2.24, 2.45) is 0 Å². The van der Waals surface area contributed by atoms with Crippen molar-refractivity contribution in [3.63, 3.8) is 0 Å². The Balaban J connectivity index is 2.13. The van der Waals surface area contributed by atoms with E-state index < -0.39 is 11.2 Å². The van der Waals surface area contributed by atoms with Gasteiger partial charge in [0.05, 0.1) is 19.8 Å². The summed E-state index contributed by atoms with van der Waals surface area (Å²) in [5.74, 6) is 0.766. The van der Waals surface area contributed by atoms with Gasteiger partial charge in [0, 0.05) is 18.2 Å². The number of ether oxygens (including phenoxy) is 2. The minimum Gasteiger partial charge on any atom is -0.494 e. The van der Waals surface area contributed by atoms with Gasteiger partial charge in [-0.15, -0.1) is 0 Å². The summed E-state index contributed by atoms with van der Waals surface area (Å²) < 4.78 is 12.1. The summed E-state index contributed by atoms with van der Waals surface area (Å²) in [5, 5.41) is 8.73. The fourth-order valence-electron chi connectivity index (χ4n) is 2.30. The Hall–Kier alpha value is -2.38. The van der Waals surface area contributed by atoms with Crippen molar-refractivity contribution in [2.45, 2.75) is 32.9 Å². The van der Waals surface area contributed by atoms with E-state index in [0.29, 0.717) is 18.6 Å². The maximum absolute atomic E-state index is 12.0. The van der Waals surface area contributed by atoms with E-state index in [9.17, 15) is 9.59 Å². The molecule has 0 amide bonds. The number of aliphatic hydroxyl groups is 1. The molecule has 0 radical (unpaired) electrons. The van der Waals surface area contributed by atoms with Crippen LogP contribution in [-0.4, -0.2) is 34.5 Å². The van der Waals surface area contributed by atoms with Crippen LogP contribution in [0.5, 0.6) is 5.75 Å². The van der Waals surface area contributed by atoms with Crippen LogP contribution >= 0.6 is 0 Å². The van der Waals surface area contributed by atoms with Crippen molar-refractivity contribution in [2.75, 3.05) is 19.8 Å². The van der Waals surface area contributed by atoms with Crippen LogP contribution < -0.4 is 16.0 Å². The predicted octanol–water partition coefficient (Wildman–Crippen LogP) is 1.27. The molecule has 136 valence electrons. The average molecular weight is 348 g/mol. The van der Waals surface area contributed by atoms with Gasteiger partial charge >= 0.3 is 5.69 Å². The Kier molecular flexibility index (Phi) is 7.43. The molecule has 25 heavy (non-hydrogen) atoms. The molecule has 0 saturated heterocycles. The molecule has 1 aromatic carbocycles. The molecule has 0 aliphatic carbocycles. The van der Waals surface area contributed by atoms with Crippen LogP contribution in [0.3, 0.4) is 0 Å². The monoisotopic (exact) mass is 348 g/mol. The van der Waals surface area contributed by atoms with Crippen LogP contribution in [-0.2, 0) is 17.9 Å². The first-order valence-corrected chi connectivity index (χ1v) is 8.37.